The van der Waals surface area contributed by atoms with Crippen molar-refractivity contribution in [2.75, 3.05) is 4.90 Å². The minimum atomic E-state index is -1.91. The number of alkyl halides is 4. The first-order valence-electron chi connectivity index (χ1n) is 6.96. The molecule has 1 heterocycles. The van der Waals surface area contributed by atoms with Crippen LogP contribution in [0.1, 0.15) is 0 Å². The molecule has 0 radical (unpaired) electrons. The van der Waals surface area contributed by atoms with Crippen molar-refractivity contribution in [3.8, 4) is 0 Å². The SMILES string of the molecule is O=C1[C@@H]2[C@H](C(=O)N1c1ccc(Br)cc1)[C@@]1(Cl)C(Cl)=C(Cl)[C@@]2(Cl)C1(Cl)Cl. The lowest BCUT2D eigenvalue weighted by molar-refractivity contribution is -0.123. The molecule has 1 saturated heterocycles. The van der Waals surface area contributed by atoms with Crippen LogP contribution in [0.2, 0.25) is 0 Å². The summed E-state index contributed by atoms with van der Waals surface area (Å²) in [5, 5.41) is -0.202. The third-order valence-electron chi connectivity index (χ3n) is 4.99. The Morgan fingerprint density at radius 1 is 0.840 bits per heavy atom. The third kappa shape index (κ3) is 1.88. The number of anilines is 1. The predicted molar refractivity (Wildman–Crippen MR) is 104 cm³/mol. The average Bonchev–Trinajstić information content (AvgIpc) is 2.94. The minimum Gasteiger partial charge on any atom is -0.274 e. The molecule has 2 amide bonds. The Labute approximate surface area is 181 Å². The van der Waals surface area contributed by atoms with Crippen LogP contribution in [0.15, 0.2) is 38.8 Å². The van der Waals surface area contributed by atoms with E-state index in [1.807, 2.05) is 0 Å². The summed E-state index contributed by atoms with van der Waals surface area (Å²) in [6.45, 7) is 0. The largest absolute Gasteiger partial charge is 0.274 e. The Hall–Kier alpha value is 0.320. The molecule has 132 valence electrons. The zero-order valence-corrected chi connectivity index (χ0v) is 18.0. The lowest BCUT2D eigenvalue weighted by Crippen LogP contribution is -2.50. The van der Waals surface area contributed by atoms with Gasteiger partial charge in [-0.1, -0.05) is 62.3 Å². The van der Waals surface area contributed by atoms with Crippen LogP contribution in [0.5, 0.6) is 0 Å². The number of carbonyl (C=O) groups excluding carboxylic acids is 2. The van der Waals surface area contributed by atoms with Gasteiger partial charge in [0.15, 0.2) is 4.33 Å². The first-order chi connectivity index (χ1) is 11.5. The number of nitrogens with zero attached hydrogens (tertiary/aromatic N) is 1. The van der Waals surface area contributed by atoms with Crippen LogP contribution in [-0.4, -0.2) is 25.9 Å². The molecule has 0 spiro atoms. The first-order valence-corrected chi connectivity index (χ1v) is 10.0. The predicted octanol–water partition coefficient (Wildman–Crippen LogP) is 5.40. The van der Waals surface area contributed by atoms with E-state index in [2.05, 4.69) is 15.9 Å². The van der Waals surface area contributed by atoms with Crippen LogP contribution in [0.3, 0.4) is 0 Å². The molecule has 0 N–H and O–H groups in total. The minimum absolute atomic E-state index is 0.101. The van der Waals surface area contributed by atoms with E-state index in [0.717, 1.165) is 9.37 Å². The number of hydrogen-bond acceptors (Lipinski definition) is 2. The van der Waals surface area contributed by atoms with Gasteiger partial charge in [0.2, 0.25) is 11.8 Å². The van der Waals surface area contributed by atoms with Crippen molar-refractivity contribution < 1.29 is 9.59 Å². The maximum Gasteiger partial charge on any atom is 0.240 e. The van der Waals surface area contributed by atoms with Gasteiger partial charge in [-0.15, -0.1) is 23.2 Å². The molecule has 25 heavy (non-hydrogen) atoms. The van der Waals surface area contributed by atoms with Gasteiger partial charge in [0.1, 0.15) is 9.75 Å². The molecular formula is C15H6BrCl6NO2. The molecular weight excluding hydrogens is 519 g/mol. The standard InChI is InChI=1S/C15H6BrCl6NO2/c16-5-1-3-6(4-2-5)23-11(24)7-8(12(23)25)14(20)10(18)9(17)13(7,19)15(14,21)22/h1-4,7-8H/t7-,8+,13-,14-/m1/s1. The highest BCUT2D eigenvalue weighted by Crippen LogP contribution is 2.77. The smallest absolute Gasteiger partial charge is 0.240 e. The van der Waals surface area contributed by atoms with E-state index in [-0.39, 0.29) is 10.1 Å². The molecule has 10 heteroatoms. The topological polar surface area (TPSA) is 37.4 Å². The molecule has 3 nitrogen and oxygen atoms in total. The lowest BCUT2D eigenvalue weighted by Gasteiger charge is -2.34. The molecule has 1 aliphatic heterocycles. The molecule has 1 aromatic carbocycles. The highest BCUT2D eigenvalue weighted by atomic mass is 79.9. The van der Waals surface area contributed by atoms with Crippen molar-refractivity contribution in [3.05, 3.63) is 38.8 Å². The molecule has 1 aromatic rings. The van der Waals surface area contributed by atoms with E-state index in [1.54, 1.807) is 24.3 Å². The second-order valence-corrected chi connectivity index (χ2v) is 10.3. The van der Waals surface area contributed by atoms with Gasteiger partial charge in [-0.2, -0.15) is 0 Å². The number of benzene rings is 1. The number of imide groups is 1. The second-order valence-electron chi connectivity index (χ2n) is 6.07. The van der Waals surface area contributed by atoms with E-state index >= 15 is 0 Å². The van der Waals surface area contributed by atoms with Gasteiger partial charge in [-0.05, 0) is 24.3 Å². The first kappa shape index (κ1) is 18.7. The number of rotatable bonds is 1. The number of carbonyl (C=O) groups is 2. The fraction of sp³-hybridized carbons (Fsp3) is 0.333. The third-order valence-corrected chi connectivity index (χ3v) is 9.78. The molecule has 0 unspecified atom stereocenters. The molecule has 4 atom stereocenters. The average molecular weight is 525 g/mol. The number of hydrogen-bond donors (Lipinski definition) is 0. The highest BCUT2D eigenvalue weighted by molar-refractivity contribution is 9.10. The molecule has 2 bridgehead atoms. The Balaban J connectivity index is 1.90. The van der Waals surface area contributed by atoms with Crippen LogP contribution >= 0.6 is 85.5 Å². The fourth-order valence-corrected chi connectivity index (χ4v) is 7.03. The van der Waals surface area contributed by atoms with E-state index in [4.69, 9.17) is 69.6 Å². The van der Waals surface area contributed by atoms with Crippen molar-refractivity contribution in [1.82, 2.24) is 0 Å². The zero-order chi connectivity index (χ0) is 18.5. The Morgan fingerprint density at radius 2 is 1.24 bits per heavy atom. The Morgan fingerprint density at radius 3 is 1.64 bits per heavy atom. The maximum absolute atomic E-state index is 13.1. The molecule has 0 aromatic heterocycles. The van der Waals surface area contributed by atoms with Crippen LogP contribution < -0.4 is 4.90 Å². The van der Waals surface area contributed by atoms with E-state index in [9.17, 15) is 9.59 Å². The molecule has 4 rings (SSSR count). The normalized spacial score (nSPS) is 38.8. The number of amides is 2. The van der Waals surface area contributed by atoms with Crippen LogP contribution in [0, 0.1) is 11.8 Å². The van der Waals surface area contributed by atoms with Crippen molar-refractivity contribution in [2.45, 2.75) is 14.1 Å². The lowest BCUT2D eigenvalue weighted by atomic mass is 9.84. The van der Waals surface area contributed by atoms with Crippen LogP contribution in [0.4, 0.5) is 5.69 Å². The van der Waals surface area contributed by atoms with Crippen molar-refractivity contribution in [1.29, 1.82) is 0 Å². The number of allylic oxidation sites excluding steroid dienone is 2. The van der Waals surface area contributed by atoms with E-state index < -0.39 is 37.7 Å². The quantitative estimate of drug-likeness (QED) is 0.364. The summed E-state index contributed by atoms with van der Waals surface area (Å²) in [6, 6.07) is 6.65. The van der Waals surface area contributed by atoms with Crippen molar-refractivity contribution in [3.63, 3.8) is 0 Å². The summed E-state index contributed by atoms with van der Waals surface area (Å²) in [5.74, 6) is -3.37. The highest BCUT2D eigenvalue weighted by Gasteiger charge is 2.87. The van der Waals surface area contributed by atoms with Gasteiger partial charge in [-0.25, -0.2) is 4.90 Å². The van der Waals surface area contributed by atoms with Gasteiger partial charge in [0.25, 0.3) is 0 Å². The fourth-order valence-electron chi connectivity index (χ4n) is 3.84. The number of fused-ring (bicyclic) bond motifs is 5. The van der Waals surface area contributed by atoms with Gasteiger partial charge < -0.3 is 0 Å². The van der Waals surface area contributed by atoms with E-state index in [0.29, 0.717) is 5.69 Å². The van der Waals surface area contributed by atoms with Crippen LogP contribution in [0.25, 0.3) is 0 Å². The summed E-state index contributed by atoms with van der Waals surface area (Å²) >= 11 is 41.9. The zero-order valence-electron chi connectivity index (χ0n) is 11.9. The van der Waals surface area contributed by atoms with Gasteiger partial charge in [0, 0.05) is 4.47 Å². The maximum atomic E-state index is 13.1. The summed E-state index contributed by atoms with van der Waals surface area (Å²) < 4.78 is -1.12. The van der Waals surface area contributed by atoms with Gasteiger partial charge in [0.05, 0.1) is 27.6 Å². The summed E-state index contributed by atoms with van der Waals surface area (Å²) in [4.78, 5) is 23.6. The number of halogens is 7. The summed E-state index contributed by atoms with van der Waals surface area (Å²) in [7, 11) is 0. The van der Waals surface area contributed by atoms with Crippen molar-refractivity contribution in [2.24, 2.45) is 11.8 Å². The van der Waals surface area contributed by atoms with Gasteiger partial charge in [-0.3, -0.25) is 9.59 Å². The molecule has 2 fully saturated rings. The Bertz CT molecular complexity index is 825. The van der Waals surface area contributed by atoms with Gasteiger partial charge >= 0.3 is 0 Å². The monoisotopic (exact) mass is 521 g/mol. The van der Waals surface area contributed by atoms with E-state index in [1.165, 1.54) is 0 Å². The van der Waals surface area contributed by atoms with Crippen LogP contribution in [-0.2, 0) is 9.59 Å². The second kappa shape index (κ2) is 5.44. The molecule has 1 saturated carbocycles. The van der Waals surface area contributed by atoms with Crippen molar-refractivity contribution >= 4 is 103 Å². The summed E-state index contributed by atoms with van der Waals surface area (Å²) in [6.07, 6.45) is 0. The summed E-state index contributed by atoms with van der Waals surface area (Å²) in [5.41, 5.74) is 0.384. The molecule has 3 aliphatic rings. The Kier molecular flexibility index (Phi) is 4.06. The molecule has 2 aliphatic carbocycles.